The number of aromatic amines is 1. The van der Waals surface area contributed by atoms with Crippen molar-refractivity contribution >= 4 is 0 Å². The van der Waals surface area contributed by atoms with E-state index in [4.69, 9.17) is 0 Å². The van der Waals surface area contributed by atoms with Gasteiger partial charge in [0.05, 0.1) is 0 Å². The number of aromatic nitrogens is 1. The van der Waals surface area contributed by atoms with Gasteiger partial charge < -0.3 is 4.98 Å². The molecule has 1 aromatic heterocycles. The van der Waals surface area contributed by atoms with Gasteiger partial charge in [0.15, 0.2) is 0 Å². The van der Waals surface area contributed by atoms with Crippen LogP contribution in [0.3, 0.4) is 0 Å². The molecular weight excluding hydrogens is 158 g/mol. The Morgan fingerprint density at radius 1 is 1.23 bits per heavy atom. The van der Waals surface area contributed by atoms with Crippen LogP contribution in [0.15, 0.2) is 12.4 Å². The summed E-state index contributed by atoms with van der Waals surface area (Å²) in [5.74, 6) is 0.857. The molecule has 2 rings (SSSR count). The Morgan fingerprint density at radius 2 is 1.92 bits per heavy atom. The van der Waals surface area contributed by atoms with E-state index in [1.54, 1.807) is 11.1 Å². The van der Waals surface area contributed by atoms with Crippen LogP contribution in [0.5, 0.6) is 0 Å². The van der Waals surface area contributed by atoms with Crippen LogP contribution in [-0.2, 0) is 12.8 Å². The van der Waals surface area contributed by atoms with Crippen molar-refractivity contribution in [3.8, 4) is 0 Å². The highest BCUT2D eigenvalue weighted by Crippen LogP contribution is 2.36. The minimum atomic E-state index is 0.467. The van der Waals surface area contributed by atoms with Crippen molar-refractivity contribution in [1.29, 1.82) is 0 Å². The molecule has 1 heteroatoms. The van der Waals surface area contributed by atoms with Crippen molar-refractivity contribution in [1.82, 2.24) is 4.98 Å². The quantitative estimate of drug-likeness (QED) is 0.626. The highest BCUT2D eigenvalue weighted by Gasteiger charge is 2.28. The van der Waals surface area contributed by atoms with Crippen LogP contribution >= 0.6 is 0 Å². The van der Waals surface area contributed by atoms with Gasteiger partial charge in [0, 0.05) is 12.4 Å². The minimum absolute atomic E-state index is 0.467. The molecule has 1 aliphatic rings. The molecule has 72 valence electrons. The lowest BCUT2D eigenvalue weighted by Crippen LogP contribution is -2.26. The van der Waals surface area contributed by atoms with E-state index in [2.05, 4.69) is 38.1 Å². The summed E-state index contributed by atoms with van der Waals surface area (Å²) in [7, 11) is 0. The zero-order valence-corrected chi connectivity index (χ0v) is 8.85. The Labute approximate surface area is 80.6 Å². The third-order valence-corrected chi connectivity index (χ3v) is 3.38. The van der Waals surface area contributed by atoms with Crippen LogP contribution in [0, 0.1) is 11.3 Å². The predicted molar refractivity (Wildman–Crippen MR) is 55.8 cm³/mol. The second-order valence-corrected chi connectivity index (χ2v) is 5.31. The van der Waals surface area contributed by atoms with Crippen LogP contribution in [0.4, 0.5) is 0 Å². The van der Waals surface area contributed by atoms with Gasteiger partial charge in [-0.2, -0.15) is 0 Å². The molecule has 0 aromatic carbocycles. The molecule has 1 aliphatic carbocycles. The summed E-state index contributed by atoms with van der Waals surface area (Å²) in [5, 5.41) is 0. The van der Waals surface area contributed by atoms with Gasteiger partial charge in [0.2, 0.25) is 0 Å². The second kappa shape index (κ2) is 2.90. The molecule has 0 spiro atoms. The first-order valence-electron chi connectivity index (χ1n) is 5.22. The van der Waals surface area contributed by atoms with Gasteiger partial charge in [-0.25, -0.2) is 0 Å². The highest BCUT2D eigenvalue weighted by molar-refractivity contribution is 5.26. The maximum Gasteiger partial charge on any atom is 0.00403 e. The third kappa shape index (κ3) is 1.65. The van der Waals surface area contributed by atoms with Gasteiger partial charge in [-0.1, -0.05) is 20.8 Å². The van der Waals surface area contributed by atoms with Crippen molar-refractivity contribution in [2.75, 3.05) is 0 Å². The molecule has 1 nitrogen and oxygen atoms in total. The number of nitrogens with one attached hydrogen (secondary N) is 1. The first-order chi connectivity index (χ1) is 6.07. The van der Waals surface area contributed by atoms with E-state index in [1.165, 1.54) is 19.3 Å². The van der Waals surface area contributed by atoms with E-state index in [0.29, 0.717) is 5.41 Å². The molecule has 13 heavy (non-hydrogen) atoms. The topological polar surface area (TPSA) is 15.8 Å². The molecule has 0 fully saturated rings. The third-order valence-electron chi connectivity index (χ3n) is 3.38. The zero-order chi connectivity index (χ0) is 9.47. The summed E-state index contributed by atoms with van der Waals surface area (Å²) in [6.07, 6.45) is 8.22. The fraction of sp³-hybridized carbons (Fsp3) is 0.667. The summed E-state index contributed by atoms with van der Waals surface area (Å²) in [6, 6.07) is 0. The smallest absolute Gasteiger partial charge is 0.00403 e. The normalized spacial score (nSPS) is 22.8. The van der Waals surface area contributed by atoms with E-state index in [0.717, 1.165) is 5.92 Å². The van der Waals surface area contributed by atoms with E-state index in [9.17, 15) is 0 Å². The van der Waals surface area contributed by atoms with Gasteiger partial charge in [-0.3, -0.25) is 0 Å². The molecular formula is C12H19N. The van der Waals surface area contributed by atoms with Crippen molar-refractivity contribution < 1.29 is 0 Å². The number of fused-ring (bicyclic) bond motifs is 1. The molecule has 1 aromatic rings. The number of hydrogen-bond donors (Lipinski definition) is 1. The molecule has 0 aliphatic heterocycles. The highest BCUT2D eigenvalue weighted by atomic mass is 14.6. The lowest BCUT2D eigenvalue weighted by molar-refractivity contribution is 0.216. The number of aryl methyl sites for hydroxylation is 1. The lowest BCUT2D eigenvalue weighted by Gasteiger charge is -2.33. The van der Waals surface area contributed by atoms with Crippen LogP contribution in [-0.4, -0.2) is 4.98 Å². The summed E-state index contributed by atoms with van der Waals surface area (Å²) in [4.78, 5) is 3.21. The van der Waals surface area contributed by atoms with Crippen LogP contribution in [0.25, 0.3) is 0 Å². The maximum absolute atomic E-state index is 3.21. The Hall–Kier alpha value is -0.720. The Morgan fingerprint density at radius 3 is 2.62 bits per heavy atom. The SMILES string of the molecule is CC(C)(C)C1CCc2c[nH]cc2C1. The van der Waals surface area contributed by atoms with Crippen LogP contribution < -0.4 is 0 Å². The molecule has 1 atom stereocenters. The molecule has 0 saturated carbocycles. The monoisotopic (exact) mass is 177 g/mol. The molecule has 1 heterocycles. The van der Waals surface area contributed by atoms with Crippen LogP contribution in [0.2, 0.25) is 0 Å². The zero-order valence-electron chi connectivity index (χ0n) is 8.85. The maximum atomic E-state index is 3.21. The fourth-order valence-corrected chi connectivity index (χ4v) is 2.29. The Kier molecular flexibility index (Phi) is 1.98. The lowest BCUT2D eigenvalue weighted by atomic mass is 9.71. The number of hydrogen-bond acceptors (Lipinski definition) is 0. The predicted octanol–water partition coefficient (Wildman–Crippen LogP) is 3.17. The van der Waals surface area contributed by atoms with Gasteiger partial charge in [-0.05, 0) is 41.7 Å². The number of rotatable bonds is 0. The summed E-state index contributed by atoms with van der Waals surface area (Å²) in [5.41, 5.74) is 3.56. The minimum Gasteiger partial charge on any atom is -0.367 e. The van der Waals surface area contributed by atoms with E-state index >= 15 is 0 Å². The largest absolute Gasteiger partial charge is 0.367 e. The first kappa shape index (κ1) is 8.86. The van der Waals surface area contributed by atoms with E-state index < -0.39 is 0 Å². The Bertz CT molecular complexity index is 290. The van der Waals surface area contributed by atoms with Crippen molar-refractivity contribution in [2.45, 2.75) is 40.0 Å². The summed E-state index contributed by atoms with van der Waals surface area (Å²) < 4.78 is 0. The van der Waals surface area contributed by atoms with Gasteiger partial charge >= 0.3 is 0 Å². The molecule has 0 saturated heterocycles. The average molecular weight is 177 g/mol. The average Bonchev–Trinajstić information content (AvgIpc) is 2.47. The molecule has 1 unspecified atom stereocenters. The van der Waals surface area contributed by atoms with Crippen molar-refractivity contribution in [3.63, 3.8) is 0 Å². The summed E-state index contributed by atoms with van der Waals surface area (Å²) in [6.45, 7) is 7.07. The van der Waals surface area contributed by atoms with Gasteiger partial charge in [0.1, 0.15) is 0 Å². The van der Waals surface area contributed by atoms with E-state index in [1.807, 2.05) is 0 Å². The first-order valence-corrected chi connectivity index (χ1v) is 5.22. The molecule has 0 amide bonds. The fourth-order valence-electron chi connectivity index (χ4n) is 2.29. The summed E-state index contributed by atoms with van der Waals surface area (Å²) >= 11 is 0. The van der Waals surface area contributed by atoms with Crippen molar-refractivity contribution in [2.24, 2.45) is 11.3 Å². The van der Waals surface area contributed by atoms with E-state index in [-0.39, 0.29) is 0 Å². The van der Waals surface area contributed by atoms with Crippen molar-refractivity contribution in [3.05, 3.63) is 23.5 Å². The second-order valence-electron chi connectivity index (χ2n) is 5.31. The molecule has 1 N–H and O–H groups in total. The van der Waals surface area contributed by atoms with Crippen LogP contribution in [0.1, 0.15) is 38.3 Å². The standard InChI is InChI=1S/C12H19N/c1-12(2,3)11-5-4-9-7-13-8-10(9)6-11/h7-8,11,13H,4-6H2,1-3H3. The Balaban J connectivity index is 2.18. The number of H-pyrrole nitrogens is 1. The van der Waals surface area contributed by atoms with Gasteiger partial charge in [0.25, 0.3) is 0 Å². The van der Waals surface area contributed by atoms with Gasteiger partial charge in [-0.15, -0.1) is 0 Å². The molecule has 0 bridgehead atoms. The molecule has 0 radical (unpaired) electrons.